The largest absolute Gasteiger partial charge is 0.493 e. The van der Waals surface area contributed by atoms with Gasteiger partial charge in [-0.25, -0.2) is 4.39 Å². The molecule has 0 saturated carbocycles. The Kier molecular flexibility index (Phi) is 8.48. The number of carbonyl (C=O) groups is 2. The van der Waals surface area contributed by atoms with Crippen molar-refractivity contribution in [3.63, 3.8) is 0 Å². The average molecular weight is 705 g/mol. The monoisotopic (exact) mass is 704 g/mol. The van der Waals surface area contributed by atoms with E-state index in [1.165, 1.54) is 37.5 Å². The molecule has 202 valence electrons. The predicted octanol–water partition coefficient (Wildman–Crippen LogP) is 6.00. The summed E-state index contributed by atoms with van der Waals surface area (Å²) in [4.78, 5) is 36.4. The van der Waals surface area contributed by atoms with E-state index in [4.69, 9.17) is 20.5 Å². The lowest BCUT2D eigenvalue weighted by Crippen LogP contribution is -2.27. The van der Waals surface area contributed by atoms with Crippen LogP contribution in [-0.2, 0) is 21.5 Å². The molecule has 0 atom stereocenters. The van der Waals surface area contributed by atoms with Crippen molar-refractivity contribution in [2.45, 2.75) is 11.4 Å². The van der Waals surface area contributed by atoms with Gasteiger partial charge in [-0.3, -0.25) is 24.6 Å². The molecular formula is C24H15ClFIN2O8S2. The summed E-state index contributed by atoms with van der Waals surface area (Å²) in [5.74, 6) is -1.24. The van der Waals surface area contributed by atoms with Crippen LogP contribution in [0.1, 0.15) is 11.1 Å². The van der Waals surface area contributed by atoms with Crippen LogP contribution in [0, 0.1) is 19.5 Å². The molecule has 1 aliphatic heterocycles. The van der Waals surface area contributed by atoms with Gasteiger partial charge < -0.3 is 8.92 Å². The standard InChI is InChI=1S/C24H15ClFIN2O8S2/c1-36-20-9-13(8-19(27)22(20)37-39(34,35)17-6-4-16(5-7-17)29(32)33)10-21-23(30)28(24(31)38-21)12-14-2-3-15(26)11-18(14)25/h2-11H,12H2,1H3/b21-10-. The SMILES string of the molecule is COc1cc(/C=C2\SC(=O)N(Cc3ccc(F)cc3Cl)C2=O)cc(I)c1OS(=O)(=O)c1ccc([N+](=O)[O-])cc1. The van der Waals surface area contributed by atoms with Crippen molar-refractivity contribution in [1.29, 1.82) is 0 Å². The van der Waals surface area contributed by atoms with Gasteiger partial charge in [0.25, 0.3) is 16.8 Å². The molecule has 4 rings (SSSR count). The van der Waals surface area contributed by atoms with Crippen LogP contribution in [0.3, 0.4) is 0 Å². The van der Waals surface area contributed by atoms with E-state index in [1.807, 2.05) is 22.6 Å². The fourth-order valence-electron chi connectivity index (χ4n) is 3.40. The predicted molar refractivity (Wildman–Crippen MR) is 150 cm³/mol. The first-order chi connectivity index (χ1) is 18.4. The van der Waals surface area contributed by atoms with Crippen molar-refractivity contribution >= 4 is 79.0 Å². The van der Waals surface area contributed by atoms with Crippen LogP contribution >= 0.6 is 46.0 Å². The summed E-state index contributed by atoms with van der Waals surface area (Å²) in [7, 11) is -3.08. The van der Waals surface area contributed by atoms with Crippen molar-refractivity contribution in [2.24, 2.45) is 0 Å². The molecule has 0 N–H and O–H groups in total. The molecule has 2 amide bonds. The molecule has 39 heavy (non-hydrogen) atoms. The molecular weight excluding hydrogens is 690 g/mol. The summed E-state index contributed by atoms with van der Waals surface area (Å²) in [5, 5.41) is 10.4. The van der Waals surface area contributed by atoms with Gasteiger partial charge in [0, 0.05) is 17.2 Å². The maximum absolute atomic E-state index is 13.3. The maximum atomic E-state index is 13.3. The molecule has 1 fully saturated rings. The first-order valence-corrected chi connectivity index (χ1v) is 14.3. The van der Waals surface area contributed by atoms with Gasteiger partial charge >= 0.3 is 10.1 Å². The van der Waals surface area contributed by atoms with E-state index in [9.17, 15) is 32.5 Å². The van der Waals surface area contributed by atoms with Crippen LogP contribution in [0.15, 0.2) is 64.4 Å². The van der Waals surface area contributed by atoms with Crippen LogP contribution in [0.5, 0.6) is 11.5 Å². The minimum absolute atomic E-state index is 0.0240. The van der Waals surface area contributed by atoms with E-state index in [1.54, 1.807) is 0 Å². The number of nitro benzene ring substituents is 1. The van der Waals surface area contributed by atoms with Crippen molar-refractivity contribution in [2.75, 3.05) is 7.11 Å². The summed E-state index contributed by atoms with van der Waals surface area (Å²) < 4.78 is 49.8. The van der Waals surface area contributed by atoms with E-state index >= 15 is 0 Å². The number of rotatable bonds is 8. The highest BCUT2D eigenvalue weighted by Crippen LogP contribution is 2.39. The maximum Gasteiger partial charge on any atom is 0.339 e. The number of halogens is 3. The van der Waals surface area contributed by atoms with Crippen LogP contribution in [0.25, 0.3) is 6.08 Å². The topological polar surface area (TPSA) is 133 Å². The normalized spacial score (nSPS) is 14.7. The second-order valence-corrected chi connectivity index (χ2v) is 11.9. The van der Waals surface area contributed by atoms with E-state index < -0.39 is 32.0 Å². The minimum Gasteiger partial charge on any atom is -0.493 e. The number of imide groups is 1. The van der Waals surface area contributed by atoms with Crippen LogP contribution in [0.4, 0.5) is 14.9 Å². The number of carbonyl (C=O) groups excluding carboxylic acids is 2. The molecule has 1 saturated heterocycles. The van der Waals surface area contributed by atoms with Crippen molar-refractivity contribution in [1.82, 2.24) is 4.90 Å². The third kappa shape index (κ3) is 6.34. The van der Waals surface area contributed by atoms with E-state index in [2.05, 4.69) is 0 Å². The number of methoxy groups -OCH3 is 1. The highest BCUT2D eigenvalue weighted by molar-refractivity contribution is 14.1. The molecule has 0 bridgehead atoms. The average Bonchev–Trinajstić information content (AvgIpc) is 3.14. The molecule has 3 aromatic rings. The van der Waals surface area contributed by atoms with Crippen molar-refractivity contribution < 1.29 is 36.2 Å². The molecule has 15 heteroatoms. The number of nitro groups is 1. The molecule has 0 unspecified atom stereocenters. The highest BCUT2D eigenvalue weighted by atomic mass is 127. The van der Waals surface area contributed by atoms with Crippen molar-refractivity contribution in [3.05, 3.63) is 95.2 Å². The fraction of sp³-hybridized carbons (Fsp3) is 0.0833. The number of ether oxygens (including phenoxy) is 1. The smallest absolute Gasteiger partial charge is 0.339 e. The van der Waals surface area contributed by atoms with Gasteiger partial charge in [0.15, 0.2) is 11.5 Å². The number of amides is 2. The third-order valence-electron chi connectivity index (χ3n) is 5.30. The molecule has 3 aromatic carbocycles. The number of nitrogens with zero attached hydrogens (tertiary/aromatic N) is 2. The quantitative estimate of drug-likeness (QED) is 0.0910. The van der Waals surface area contributed by atoms with Gasteiger partial charge in [0.05, 0.1) is 27.1 Å². The Morgan fingerprint density at radius 3 is 2.46 bits per heavy atom. The highest BCUT2D eigenvalue weighted by Gasteiger charge is 2.35. The lowest BCUT2D eigenvalue weighted by Gasteiger charge is -2.14. The summed E-state index contributed by atoms with van der Waals surface area (Å²) in [6.07, 6.45) is 1.44. The van der Waals surface area contributed by atoms with Gasteiger partial charge in [-0.2, -0.15) is 8.42 Å². The van der Waals surface area contributed by atoms with E-state index in [0.717, 1.165) is 35.2 Å². The Bertz CT molecular complexity index is 1650. The number of hydrogen-bond acceptors (Lipinski definition) is 9. The zero-order chi connectivity index (χ0) is 28.5. The Labute approximate surface area is 244 Å². The van der Waals surface area contributed by atoms with Gasteiger partial charge in [0.2, 0.25) is 0 Å². The lowest BCUT2D eigenvalue weighted by molar-refractivity contribution is -0.384. The van der Waals surface area contributed by atoms with E-state index in [-0.39, 0.29) is 38.6 Å². The number of non-ortho nitro benzene ring substituents is 1. The van der Waals surface area contributed by atoms with Gasteiger partial charge in [0.1, 0.15) is 10.7 Å². The third-order valence-corrected chi connectivity index (χ3v) is 8.59. The van der Waals surface area contributed by atoms with Crippen molar-refractivity contribution in [3.8, 4) is 11.5 Å². The summed E-state index contributed by atoms with van der Waals surface area (Å²) in [5.41, 5.74) is 0.533. The summed E-state index contributed by atoms with van der Waals surface area (Å²) in [6.45, 7) is -0.144. The van der Waals surface area contributed by atoms with Crippen LogP contribution < -0.4 is 8.92 Å². The Morgan fingerprint density at radius 1 is 1.15 bits per heavy atom. The Balaban J connectivity index is 1.59. The molecule has 1 heterocycles. The van der Waals surface area contributed by atoms with Crippen LogP contribution in [0.2, 0.25) is 5.02 Å². The molecule has 0 aliphatic carbocycles. The number of benzene rings is 3. The molecule has 0 radical (unpaired) electrons. The Morgan fingerprint density at radius 2 is 1.85 bits per heavy atom. The van der Waals surface area contributed by atoms with Gasteiger partial charge in [-0.05, 0) is 88.0 Å². The fourth-order valence-corrected chi connectivity index (χ4v) is 6.31. The number of thioether (sulfide) groups is 1. The summed E-state index contributed by atoms with van der Waals surface area (Å²) in [6, 6.07) is 10.8. The Hall–Kier alpha value is -3.21. The second kappa shape index (κ2) is 11.5. The zero-order valence-electron chi connectivity index (χ0n) is 19.6. The minimum atomic E-state index is -4.37. The zero-order valence-corrected chi connectivity index (χ0v) is 24.1. The first kappa shape index (κ1) is 28.8. The second-order valence-electron chi connectivity index (χ2n) is 7.83. The first-order valence-electron chi connectivity index (χ1n) is 10.7. The lowest BCUT2D eigenvalue weighted by atomic mass is 10.1. The molecule has 10 nitrogen and oxygen atoms in total. The van der Waals surface area contributed by atoms with Gasteiger partial charge in [-0.1, -0.05) is 17.7 Å². The molecule has 1 aliphatic rings. The number of hydrogen-bond donors (Lipinski definition) is 0. The van der Waals surface area contributed by atoms with E-state index in [0.29, 0.717) is 26.5 Å². The summed E-state index contributed by atoms with van der Waals surface area (Å²) >= 11 is 8.56. The molecule has 0 spiro atoms. The van der Waals surface area contributed by atoms with Gasteiger partial charge in [-0.15, -0.1) is 0 Å². The van der Waals surface area contributed by atoms with Crippen LogP contribution in [-0.4, -0.2) is 36.5 Å². The molecule has 0 aromatic heterocycles.